The first-order valence-corrected chi connectivity index (χ1v) is 8.69. The Morgan fingerprint density at radius 1 is 1.29 bits per heavy atom. The molecule has 0 bridgehead atoms. The maximum absolute atomic E-state index is 12.2. The molecule has 7 heteroatoms. The van der Waals surface area contributed by atoms with E-state index in [2.05, 4.69) is 23.9 Å². The van der Waals surface area contributed by atoms with E-state index in [1.807, 2.05) is 18.4 Å². The van der Waals surface area contributed by atoms with Crippen LogP contribution in [0.25, 0.3) is 0 Å². The summed E-state index contributed by atoms with van der Waals surface area (Å²) < 4.78 is 33.8. The molecular formula is C14H27N3O3S. The summed E-state index contributed by atoms with van der Waals surface area (Å²) in [6, 6.07) is 2.28. The van der Waals surface area contributed by atoms with Crippen molar-refractivity contribution in [2.75, 3.05) is 20.3 Å². The van der Waals surface area contributed by atoms with Crippen molar-refractivity contribution in [3.8, 4) is 0 Å². The van der Waals surface area contributed by atoms with Gasteiger partial charge in [0.2, 0.25) is 10.0 Å². The molecule has 1 aromatic rings. The zero-order valence-electron chi connectivity index (χ0n) is 13.5. The van der Waals surface area contributed by atoms with Crippen LogP contribution in [0.4, 0.5) is 0 Å². The van der Waals surface area contributed by atoms with E-state index >= 15 is 0 Å². The second-order valence-corrected chi connectivity index (χ2v) is 7.36. The summed E-state index contributed by atoms with van der Waals surface area (Å²) in [5, 5.41) is 3.32. The summed E-state index contributed by atoms with van der Waals surface area (Å²) in [7, 11) is -1.94. The van der Waals surface area contributed by atoms with Crippen molar-refractivity contribution in [2.45, 2.75) is 51.2 Å². The zero-order chi connectivity index (χ0) is 16.0. The normalized spacial score (nSPS) is 12.5. The maximum Gasteiger partial charge on any atom is 0.242 e. The Balaban J connectivity index is 2.95. The van der Waals surface area contributed by atoms with Gasteiger partial charge in [0.15, 0.2) is 0 Å². The molecule has 0 atom stereocenters. The molecule has 0 aliphatic rings. The van der Waals surface area contributed by atoms with Crippen molar-refractivity contribution in [1.82, 2.24) is 14.6 Å². The lowest BCUT2D eigenvalue weighted by atomic mass is 10.3. The van der Waals surface area contributed by atoms with Crippen molar-refractivity contribution in [3.05, 3.63) is 18.0 Å². The number of hydrogen-bond acceptors (Lipinski definition) is 4. The number of nitrogens with zero attached hydrogens (tertiary/aromatic N) is 1. The number of ether oxygens (including phenoxy) is 1. The van der Waals surface area contributed by atoms with Crippen LogP contribution in [0.15, 0.2) is 17.2 Å². The quantitative estimate of drug-likeness (QED) is 0.677. The van der Waals surface area contributed by atoms with E-state index in [-0.39, 0.29) is 12.6 Å². The van der Waals surface area contributed by atoms with Gasteiger partial charge in [-0.05, 0) is 19.9 Å². The molecule has 0 saturated heterocycles. The molecule has 0 spiro atoms. The van der Waals surface area contributed by atoms with E-state index in [0.29, 0.717) is 24.1 Å². The molecule has 1 aromatic heterocycles. The number of hydrogen-bond donors (Lipinski definition) is 2. The van der Waals surface area contributed by atoms with Gasteiger partial charge in [0.25, 0.3) is 0 Å². The lowest BCUT2D eigenvalue weighted by Crippen LogP contribution is -2.26. The fourth-order valence-electron chi connectivity index (χ4n) is 1.94. The Hall–Kier alpha value is -0.890. The van der Waals surface area contributed by atoms with Gasteiger partial charge in [-0.3, -0.25) is 0 Å². The van der Waals surface area contributed by atoms with Crippen LogP contribution in [-0.2, 0) is 21.3 Å². The molecule has 1 rings (SSSR count). The molecule has 21 heavy (non-hydrogen) atoms. The summed E-state index contributed by atoms with van der Waals surface area (Å²) in [6.07, 6.45) is 1.69. The first-order valence-electron chi connectivity index (χ1n) is 7.20. The molecule has 1 heterocycles. The second-order valence-electron chi connectivity index (χ2n) is 5.59. The van der Waals surface area contributed by atoms with Crippen LogP contribution < -0.4 is 10.0 Å². The van der Waals surface area contributed by atoms with Crippen molar-refractivity contribution < 1.29 is 13.2 Å². The standard InChI is InChI=1S/C14H27N3O3S/c1-11(2)15-9-13-8-14(10-17(13)12(3)4)21(18,19)16-6-7-20-5/h8,10-12,15-16H,6-7,9H2,1-5H3. The third-order valence-corrected chi connectivity index (χ3v) is 4.49. The van der Waals surface area contributed by atoms with Gasteiger partial charge in [-0.1, -0.05) is 13.8 Å². The smallest absolute Gasteiger partial charge is 0.242 e. The van der Waals surface area contributed by atoms with E-state index in [1.165, 1.54) is 0 Å². The summed E-state index contributed by atoms with van der Waals surface area (Å²) in [5.41, 5.74) is 0.964. The van der Waals surface area contributed by atoms with E-state index in [9.17, 15) is 8.42 Å². The van der Waals surface area contributed by atoms with Gasteiger partial charge in [-0.15, -0.1) is 0 Å². The summed E-state index contributed by atoms with van der Waals surface area (Å²) >= 11 is 0. The van der Waals surface area contributed by atoms with Crippen LogP contribution in [0.2, 0.25) is 0 Å². The Bertz CT molecular complexity index is 536. The molecule has 2 N–H and O–H groups in total. The Labute approximate surface area is 127 Å². The van der Waals surface area contributed by atoms with Gasteiger partial charge in [-0.25, -0.2) is 13.1 Å². The predicted molar refractivity (Wildman–Crippen MR) is 83.9 cm³/mol. The minimum Gasteiger partial charge on any atom is -0.383 e. The molecule has 0 radical (unpaired) electrons. The van der Waals surface area contributed by atoms with Crippen LogP contribution in [-0.4, -0.2) is 39.3 Å². The highest BCUT2D eigenvalue weighted by atomic mass is 32.2. The molecule has 0 amide bonds. The predicted octanol–water partition coefficient (Wildman–Crippen LogP) is 1.49. The summed E-state index contributed by atoms with van der Waals surface area (Å²) in [5.74, 6) is 0. The maximum atomic E-state index is 12.2. The molecule has 0 unspecified atom stereocenters. The topological polar surface area (TPSA) is 72.4 Å². The van der Waals surface area contributed by atoms with Crippen molar-refractivity contribution in [3.63, 3.8) is 0 Å². The molecule has 0 fully saturated rings. The van der Waals surface area contributed by atoms with E-state index in [1.54, 1.807) is 19.4 Å². The number of methoxy groups -OCH3 is 1. The minimum absolute atomic E-state index is 0.205. The highest BCUT2D eigenvalue weighted by Crippen LogP contribution is 2.19. The Morgan fingerprint density at radius 3 is 2.48 bits per heavy atom. The van der Waals surface area contributed by atoms with E-state index < -0.39 is 10.0 Å². The lowest BCUT2D eigenvalue weighted by Gasteiger charge is -2.14. The van der Waals surface area contributed by atoms with Crippen LogP contribution >= 0.6 is 0 Å². The number of aromatic nitrogens is 1. The average Bonchev–Trinajstić information content (AvgIpc) is 2.81. The van der Waals surface area contributed by atoms with Crippen LogP contribution in [0.5, 0.6) is 0 Å². The van der Waals surface area contributed by atoms with Gasteiger partial charge in [-0.2, -0.15) is 0 Å². The van der Waals surface area contributed by atoms with Gasteiger partial charge >= 0.3 is 0 Å². The second kappa shape index (κ2) is 7.93. The van der Waals surface area contributed by atoms with Crippen LogP contribution in [0, 0.1) is 0 Å². The molecule has 122 valence electrons. The average molecular weight is 317 g/mol. The summed E-state index contributed by atoms with van der Waals surface area (Å²) in [4.78, 5) is 0.299. The van der Waals surface area contributed by atoms with Gasteiger partial charge in [0.05, 0.1) is 11.5 Å². The number of nitrogens with one attached hydrogen (secondary N) is 2. The molecular weight excluding hydrogens is 290 g/mol. The fraction of sp³-hybridized carbons (Fsp3) is 0.714. The molecule has 0 saturated carbocycles. The van der Waals surface area contributed by atoms with Crippen LogP contribution in [0.1, 0.15) is 39.4 Å². The third-order valence-electron chi connectivity index (χ3n) is 3.06. The monoisotopic (exact) mass is 317 g/mol. The lowest BCUT2D eigenvalue weighted by molar-refractivity contribution is 0.204. The molecule has 0 aromatic carbocycles. The SMILES string of the molecule is COCCNS(=O)(=O)c1cc(CNC(C)C)n(C(C)C)c1. The Morgan fingerprint density at radius 2 is 1.95 bits per heavy atom. The highest BCUT2D eigenvalue weighted by molar-refractivity contribution is 7.89. The zero-order valence-corrected chi connectivity index (χ0v) is 14.3. The van der Waals surface area contributed by atoms with Gasteiger partial charge in [0.1, 0.15) is 0 Å². The third kappa shape index (κ3) is 5.43. The largest absolute Gasteiger partial charge is 0.383 e. The molecule has 6 nitrogen and oxygen atoms in total. The number of sulfonamides is 1. The van der Waals surface area contributed by atoms with Gasteiger partial charge < -0.3 is 14.6 Å². The summed E-state index contributed by atoms with van der Waals surface area (Å²) in [6.45, 7) is 9.46. The van der Waals surface area contributed by atoms with Crippen molar-refractivity contribution >= 4 is 10.0 Å². The van der Waals surface area contributed by atoms with Crippen molar-refractivity contribution in [1.29, 1.82) is 0 Å². The molecule has 0 aliphatic carbocycles. The van der Waals surface area contributed by atoms with E-state index in [4.69, 9.17) is 4.74 Å². The highest BCUT2D eigenvalue weighted by Gasteiger charge is 2.19. The number of rotatable bonds is 9. The fourth-order valence-corrected chi connectivity index (χ4v) is 3.00. The first-order chi connectivity index (χ1) is 9.77. The Kier molecular flexibility index (Phi) is 6.86. The van der Waals surface area contributed by atoms with Crippen molar-refractivity contribution in [2.24, 2.45) is 0 Å². The van der Waals surface area contributed by atoms with Crippen LogP contribution in [0.3, 0.4) is 0 Å². The van der Waals surface area contributed by atoms with E-state index in [0.717, 1.165) is 5.69 Å². The van der Waals surface area contributed by atoms with Gasteiger partial charge in [0, 0.05) is 44.2 Å². The molecule has 0 aliphatic heterocycles. The first kappa shape index (κ1) is 18.2. The minimum atomic E-state index is -3.48.